The van der Waals surface area contributed by atoms with Gasteiger partial charge in [0.1, 0.15) is 19.8 Å². The zero-order valence-electron chi connectivity index (χ0n) is 33.6. The molecule has 0 amide bonds. The molecule has 0 aliphatic carbocycles. The highest BCUT2D eigenvalue weighted by atomic mass is 31.2. The van der Waals surface area contributed by atoms with Crippen molar-refractivity contribution >= 4 is 7.82 Å². The lowest BCUT2D eigenvalue weighted by Gasteiger charge is -2.24. The predicted molar refractivity (Wildman–Crippen MR) is 214 cm³/mol. The molecule has 0 rings (SSSR count). The molecule has 0 saturated carbocycles. The fourth-order valence-corrected chi connectivity index (χ4v) is 6.31. The Balaban J connectivity index is 4.25. The third-order valence-corrected chi connectivity index (χ3v) is 9.87. The Bertz CT molecular complexity index is 841. The largest absolute Gasteiger partial charge is 0.498 e. The van der Waals surface area contributed by atoms with Crippen molar-refractivity contribution in [3.63, 3.8) is 0 Å². The standard InChI is InChI=1S/C42H82NO6P/c1-6-8-10-12-14-16-18-20-22-23-24-26-28-30-32-34-37-46-40-42(41-49-50(44,45)48-39-36-43(3,4)5)47-38-35-33-31-29-27-25-21-19-17-15-13-11-9-7-2/h20,22,34-35,37-38,42H,6-19,21,23-33,36,39-41H2,1-5H3/p+1/b22-20-,37-34-,38-35-/t42-/m1/s1. The number of likely N-dealkylation sites (N-methyl/N-ethyl adjacent to an activating group) is 1. The first-order valence-electron chi connectivity index (χ1n) is 20.8. The molecule has 0 bridgehead atoms. The quantitative estimate of drug-likeness (QED) is 0.0223. The third-order valence-electron chi connectivity index (χ3n) is 8.89. The van der Waals surface area contributed by atoms with E-state index in [1.165, 1.54) is 141 Å². The molecule has 296 valence electrons. The molecule has 0 saturated heterocycles. The number of unbranched alkanes of at least 4 members (excludes halogenated alkanes) is 23. The molecule has 1 unspecified atom stereocenters. The molecule has 0 radical (unpaired) electrons. The van der Waals surface area contributed by atoms with Crippen LogP contribution in [0.3, 0.4) is 0 Å². The molecule has 8 heteroatoms. The van der Waals surface area contributed by atoms with E-state index in [9.17, 15) is 9.46 Å². The first-order valence-corrected chi connectivity index (χ1v) is 22.3. The smallest absolute Gasteiger partial charge is 0.472 e. The number of rotatable bonds is 39. The monoisotopic (exact) mass is 729 g/mol. The maximum atomic E-state index is 12.4. The second-order valence-electron chi connectivity index (χ2n) is 15.1. The summed E-state index contributed by atoms with van der Waals surface area (Å²) in [6.45, 7) is 5.40. The van der Waals surface area contributed by atoms with Crippen molar-refractivity contribution in [3.8, 4) is 0 Å². The second kappa shape index (κ2) is 36.3. The summed E-state index contributed by atoms with van der Waals surface area (Å²) in [5.74, 6) is 0. The zero-order chi connectivity index (χ0) is 36.9. The van der Waals surface area contributed by atoms with Crippen molar-refractivity contribution in [1.29, 1.82) is 0 Å². The van der Waals surface area contributed by atoms with Crippen molar-refractivity contribution in [3.05, 3.63) is 36.8 Å². The van der Waals surface area contributed by atoms with E-state index in [1.807, 2.05) is 33.3 Å². The SMILES string of the molecule is CCCCCCCC/C=C\CCCCCC/C=C\OC[C@H](COP(=O)(O)OCC[N+](C)(C)C)O/C=C\CCCCCCCCCCCCCC. The molecule has 0 aliphatic rings. The maximum Gasteiger partial charge on any atom is 0.472 e. The van der Waals surface area contributed by atoms with Gasteiger partial charge in [-0.05, 0) is 63.5 Å². The Morgan fingerprint density at radius 2 is 0.940 bits per heavy atom. The number of nitrogens with zero attached hydrogens (tertiary/aromatic N) is 1. The van der Waals surface area contributed by atoms with Gasteiger partial charge in [0.2, 0.25) is 0 Å². The highest BCUT2D eigenvalue weighted by Gasteiger charge is 2.25. The molecular weight excluding hydrogens is 645 g/mol. The van der Waals surface area contributed by atoms with Gasteiger partial charge < -0.3 is 18.9 Å². The first-order chi connectivity index (χ1) is 24.2. The van der Waals surface area contributed by atoms with Crippen LogP contribution in [0.1, 0.15) is 181 Å². The minimum atomic E-state index is -4.18. The molecule has 0 aliphatic heterocycles. The average molecular weight is 729 g/mol. The van der Waals surface area contributed by atoms with Gasteiger partial charge in [0.15, 0.2) is 6.10 Å². The predicted octanol–water partition coefficient (Wildman–Crippen LogP) is 13.0. The van der Waals surface area contributed by atoms with Gasteiger partial charge in [-0.15, -0.1) is 0 Å². The van der Waals surface area contributed by atoms with Gasteiger partial charge in [0.25, 0.3) is 0 Å². The Labute approximate surface area is 310 Å². The lowest BCUT2D eigenvalue weighted by atomic mass is 10.0. The number of phosphoric acid groups is 1. The van der Waals surface area contributed by atoms with Crippen LogP contribution in [0.25, 0.3) is 0 Å². The Morgan fingerprint density at radius 1 is 0.540 bits per heavy atom. The van der Waals surface area contributed by atoms with E-state index >= 15 is 0 Å². The van der Waals surface area contributed by atoms with E-state index in [0.29, 0.717) is 11.0 Å². The zero-order valence-corrected chi connectivity index (χ0v) is 34.5. The molecule has 0 aromatic carbocycles. The highest BCUT2D eigenvalue weighted by molar-refractivity contribution is 7.47. The van der Waals surface area contributed by atoms with E-state index in [-0.39, 0.29) is 19.8 Å². The minimum Gasteiger partial charge on any atom is -0.498 e. The molecule has 0 spiro atoms. The molecule has 0 fully saturated rings. The van der Waals surface area contributed by atoms with Crippen molar-refractivity contribution < 1.29 is 32.5 Å². The Morgan fingerprint density at radius 3 is 1.38 bits per heavy atom. The van der Waals surface area contributed by atoms with Crippen molar-refractivity contribution in [2.24, 2.45) is 0 Å². The van der Waals surface area contributed by atoms with Crippen molar-refractivity contribution in [2.75, 3.05) is 47.5 Å². The van der Waals surface area contributed by atoms with Crippen LogP contribution in [0.2, 0.25) is 0 Å². The summed E-state index contributed by atoms with van der Waals surface area (Å²) in [5, 5.41) is 0. The number of hydrogen-bond donors (Lipinski definition) is 1. The van der Waals surface area contributed by atoms with Crippen LogP contribution in [0.5, 0.6) is 0 Å². The molecule has 50 heavy (non-hydrogen) atoms. The normalized spacial score (nSPS) is 14.3. The summed E-state index contributed by atoms with van der Waals surface area (Å²) >= 11 is 0. The van der Waals surface area contributed by atoms with Gasteiger partial charge in [-0.3, -0.25) is 9.05 Å². The maximum absolute atomic E-state index is 12.4. The number of hydrogen-bond acceptors (Lipinski definition) is 5. The van der Waals surface area contributed by atoms with Crippen LogP contribution >= 0.6 is 7.82 Å². The van der Waals surface area contributed by atoms with Crippen LogP contribution in [-0.4, -0.2) is 63.0 Å². The van der Waals surface area contributed by atoms with E-state index in [4.69, 9.17) is 18.5 Å². The minimum absolute atomic E-state index is 0.0949. The van der Waals surface area contributed by atoms with E-state index in [0.717, 1.165) is 25.7 Å². The fraction of sp³-hybridized carbons (Fsp3) is 0.857. The fourth-order valence-electron chi connectivity index (χ4n) is 5.56. The van der Waals surface area contributed by atoms with Crippen LogP contribution in [-0.2, 0) is 23.1 Å². The summed E-state index contributed by atoms with van der Waals surface area (Å²) < 4.78 is 35.1. The van der Waals surface area contributed by atoms with Crippen LogP contribution in [0.15, 0.2) is 36.8 Å². The lowest BCUT2D eigenvalue weighted by Crippen LogP contribution is -2.37. The summed E-state index contributed by atoms with van der Waals surface area (Å²) in [5.41, 5.74) is 0. The molecule has 0 aromatic rings. The van der Waals surface area contributed by atoms with Gasteiger partial charge in [-0.2, -0.15) is 0 Å². The molecule has 2 atom stereocenters. The van der Waals surface area contributed by atoms with Gasteiger partial charge in [-0.25, -0.2) is 4.57 Å². The van der Waals surface area contributed by atoms with Gasteiger partial charge in [0, 0.05) is 0 Å². The van der Waals surface area contributed by atoms with Crippen molar-refractivity contribution in [2.45, 2.75) is 187 Å². The van der Waals surface area contributed by atoms with Gasteiger partial charge in [-0.1, -0.05) is 142 Å². The number of ether oxygens (including phenoxy) is 2. The average Bonchev–Trinajstić information content (AvgIpc) is 3.07. The summed E-state index contributed by atoms with van der Waals surface area (Å²) in [6, 6.07) is 0. The number of allylic oxidation sites excluding steroid dienone is 4. The summed E-state index contributed by atoms with van der Waals surface area (Å²) in [7, 11) is 1.83. The highest BCUT2D eigenvalue weighted by Crippen LogP contribution is 2.43. The topological polar surface area (TPSA) is 74.2 Å². The van der Waals surface area contributed by atoms with E-state index < -0.39 is 13.9 Å². The summed E-state index contributed by atoms with van der Waals surface area (Å²) in [4.78, 5) is 10.2. The third kappa shape index (κ3) is 39.7. The molecule has 7 nitrogen and oxygen atoms in total. The second-order valence-corrected chi connectivity index (χ2v) is 16.6. The molecular formula is C42H83NO6P+. The van der Waals surface area contributed by atoms with Crippen molar-refractivity contribution in [1.82, 2.24) is 0 Å². The molecule has 0 heterocycles. The van der Waals surface area contributed by atoms with Crippen LogP contribution in [0, 0.1) is 0 Å². The van der Waals surface area contributed by atoms with Gasteiger partial charge >= 0.3 is 7.82 Å². The lowest BCUT2D eigenvalue weighted by molar-refractivity contribution is -0.870. The van der Waals surface area contributed by atoms with Crippen LogP contribution < -0.4 is 0 Å². The van der Waals surface area contributed by atoms with Crippen LogP contribution in [0.4, 0.5) is 0 Å². The van der Waals surface area contributed by atoms with E-state index in [1.54, 1.807) is 12.5 Å². The molecule has 0 aromatic heterocycles. The van der Waals surface area contributed by atoms with Gasteiger partial charge in [0.05, 0.1) is 40.3 Å². The first kappa shape index (κ1) is 48.9. The Kier molecular flexibility index (Phi) is 35.5. The Hall–Kier alpha value is -1.11. The summed E-state index contributed by atoms with van der Waals surface area (Å²) in [6.07, 6.45) is 45.1. The van der Waals surface area contributed by atoms with E-state index in [2.05, 4.69) is 26.0 Å². The molecule has 1 N–H and O–H groups in total. The number of phosphoric ester groups is 1. The number of quaternary nitrogens is 1.